The highest BCUT2D eigenvalue weighted by atomic mass is 32.1. The van der Waals surface area contributed by atoms with Crippen molar-refractivity contribution < 1.29 is 0 Å². The number of pyridine rings is 1. The molecule has 3 nitrogen and oxygen atoms in total. The van der Waals surface area contributed by atoms with Crippen LogP contribution in [0.5, 0.6) is 0 Å². The van der Waals surface area contributed by atoms with Gasteiger partial charge in [-0.05, 0) is 56.5 Å². The van der Waals surface area contributed by atoms with Crippen LogP contribution in [0.2, 0.25) is 0 Å². The van der Waals surface area contributed by atoms with Crippen LogP contribution in [0, 0.1) is 6.92 Å². The van der Waals surface area contributed by atoms with Gasteiger partial charge in [0.15, 0.2) is 0 Å². The van der Waals surface area contributed by atoms with Gasteiger partial charge in [-0.15, -0.1) is 11.3 Å². The predicted octanol–water partition coefficient (Wildman–Crippen LogP) is 2.98. The molecule has 0 atom stereocenters. The van der Waals surface area contributed by atoms with E-state index in [1.165, 1.54) is 18.4 Å². The highest BCUT2D eigenvalue weighted by molar-refractivity contribution is 7.13. The van der Waals surface area contributed by atoms with Crippen LogP contribution < -0.4 is 5.32 Å². The lowest BCUT2D eigenvalue weighted by Crippen LogP contribution is -2.26. The number of aryl methyl sites for hydroxylation is 1. The second kappa shape index (κ2) is 5.16. The zero-order valence-corrected chi connectivity index (χ0v) is 11.3. The van der Waals surface area contributed by atoms with Gasteiger partial charge in [0, 0.05) is 17.3 Å². The summed E-state index contributed by atoms with van der Waals surface area (Å²) in [6.07, 6.45) is 4.37. The SMILES string of the molecule is Cc1csc(-c2cc(C3CCNCC3)ccn2)n1. The molecule has 94 valence electrons. The minimum atomic E-state index is 0.675. The van der Waals surface area contributed by atoms with Crippen molar-refractivity contribution in [2.75, 3.05) is 13.1 Å². The second-order valence-electron chi connectivity index (χ2n) is 4.79. The van der Waals surface area contributed by atoms with Gasteiger partial charge in [0.1, 0.15) is 5.01 Å². The van der Waals surface area contributed by atoms with E-state index in [-0.39, 0.29) is 0 Å². The van der Waals surface area contributed by atoms with E-state index in [1.807, 2.05) is 13.1 Å². The molecule has 0 bridgehead atoms. The molecule has 1 saturated heterocycles. The highest BCUT2D eigenvalue weighted by Crippen LogP contribution is 2.28. The number of rotatable bonds is 2. The Kier molecular flexibility index (Phi) is 3.39. The summed E-state index contributed by atoms with van der Waals surface area (Å²) < 4.78 is 0. The maximum Gasteiger partial charge on any atom is 0.142 e. The average molecular weight is 259 g/mol. The first-order valence-electron chi connectivity index (χ1n) is 6.42. The Labute approximate surface area is 111 Å². The van der Waals surface area contributed by atoms with Crippen LogP contribution >= 0.6 is 11.3 Å². The lowest BCUT2D eigenvalue weighted by Gasteiger charge is -2.23. The Bertz CT molecular complexity index is 529. The number of thiazole rings is 1. The molecule has 1 fully saturated rings. The van der Waals surface area contributed by atoms with Crippen LogP contribution in [0.4, 0.5) is 0 Å². The smallest absolute Gasteiger partial charge is 0.142 e. The molecule has 0 saturated carbocycles. The van der Waals surface area contributed by atoms with Gasteiger partial charge in [-0.3, -0.25) is 4.98 Å². The molecule has 0 spiro atoms. The van der Waals surface area contributed by atoms with Gasteiger partial charge in [-0.2, -0.15) is 0 Å². The van der Waals surface area contributed by atoms with Crippen molar-refractivity contribution in [1.82, 2.24) is 15.3 Å². The van der Waals surface area contributed by atoms with Gasteiger partial charge in [0.25, 0.3) is 0 Å². The first-order chi connectivity index (χ1) is 8.83. The summed E-state index contributed by atoms with van der Waals surface area (Å²) in [7, 11) is 0. The summed E-state index contributed by atoms with van der Waals surface area (Å²) in [5.74, 6) is 0.675. The topological polar surface area (TPSA) is 37.8 Å². The van der Waals surface area contributed by atoms with Gasteiger partial charge < -0.3 is 5.32 Å². The largest absolute Gasteiger partial charge is 0.317 e. The van der Waals surface area contributed by atoms with Crippen molar-refractivity contribution in [3.63, 3.8) is 0 Å². The Balaban J connectivity index is 1.88. The van der Waals surface area contributed by atoms with Crippen LogP contribution in [0.1, 0.15) is 30.0 Å². The van der Waals surface area contributed by atoms with Gasteiger partial charge in [-0.1, -0.05) is 0 Å². The molecule has 0 unspecified atom stereocenters. The average Bonchev–Trinajstić information content (AvgIpc) is 2.87. The molecule has 1 aliphatic heterocycles. The molecule has 0 aromatic carbocycles. The van der Waals surface area contributed by atoms with E-state index in [1.54, 1.807) is 11.3 Å². The highest BCUT2D eigenvalue weighted by Gasteiger charge is 2.16. The lowest BCUT2D eigenvalue weighted by atomic mass is 9.90. The molecule has 2 aromatic heterocycles. The van der Waals surface area contributed by atoms with Gasteiger partial charge in [0.05, 0.1) is 5.69 Å². The van der Waals surface area contributed by atoms with Gasteiger partial charge in [0.2, 0.25) is 0 Å². The van der Waals surface area contributed by atoms with Crippen LogP contribution in [-0.4, -0.2) is 23.1 Å². The molecule has 3 heterocycles. The van der Waals surface area contributed by atoms with Crippen LogP contribution in [0.3, 0.4) is 0 Å². The van der Waals surface area contributed by atoms with Crippen molar-refractivity contribution in [2.24, 2.45) is 0 Å². The molecule has 3 rings (SSSR count). The fourth-order valence-corrected chi connectivity index (χ4v) is 3.21. The van der Waals surface area contributed by atoms with E-state index in [9.17, 15) is 0 Å². The molecule has 1 aliphatic rings. The normalized spacial score (nSPS) is 16.9. The first kappa shape index (κ1) is 11.8. The molecule has 0 radical (unpaired) electrons. The van der Waals surface area contributed by atoms with E-state index in [0.29, 0.717) is 5.92 Å². The molecule has 1 N–H and O–H groups in total. The van der Waals surface area contributed by atoms with Crippen LogP contribution in [-0.2, 0) is 0 Å². The standard InChI is InChI=1S/C14H17N3S/c1-10-9-18-14(17-10)13-8-12(4-7-16-13)11-2-5-15-6-3-11/h4,7-9,11,15H,2-3,5-6H2,1H3. The Morgan fingerprint density at radius 2 is 2.17 bits per heavy atom. The maximum atomic E-state index is 4.51. The molecular weight excluding hydrogens is 242 g/mol. The molecule has 18 heavy (non-hydrogen) atoms. The predicted molar refractivity (Wildman–Crippen MR) is 74.9 cm³/mol. The third kappa shape index (κ3) is 2.44. The minimum Gasteiger partial charge on any atom is -0.317 e. The number of hydrogen-bond donors (Lipinski definition) is 1. The van der Waals surface area contributed by atoms with Gasteiger partial charge >= 0.3 is 0 Å². The minimum absolute atomic E-state index is 0.675. The van der Waals surface area contributed by atoms with Crippen LogP contribution in [0.25, 0.3) is 10.7 Å². The van der Waals surface area contributed by atoms with Crippen molar-refractivity contribution in [2.45, 2.75) is 25.7 Å². The monoisotopic (exact) mass is 259 g/mol. The molecule has 2 aromatic rings. The lowest BCUT2D eigenvalue weighted by molar-refractivity contribution is 0.460. The van der Waals surface area contributed by atoms with E-state index in [2.05, 4.69) is 32.8 Å². The summed E-state index contributed by atoms with van der Waals surface area (Å²) in [5.41, 5.74) is 3.50. The number of nitrogens with one attached hydrogen (secondary N) is 1. The molecular formula is C14H17N3S. The summed E-state index contributed by atoms with van der Waals surface area (Å²) in [6.45, 7) is 4.27. The second-order valence-corrected chi connectivity index (χ2v) is 5.65. The number of nitrogens with zero attached hydrogens (tertiary/aromatic N) is 2. The van der Waals surface area contributed by atoms with Crippen molar-refractivity contribution in [3.05, 3.63) is 35.0 Å². The first-order valence-corrected chi connectivity index (χ1v) is 7.30. The number of piperidine rings is 1. The number of aromatic nitrogens is 2. The van der Waals surface area contributed by atoms with E-state index >= 15 is 0 Å². The van der Waals surface area contributed by atoms with Crippen LogP contribution in [0.15, 0.2) is 23.7 Å². The van der Waals surface area contributed by atoms with E-state index in [4.69, 9.17) is 0 Å². The van der Waals surface area contributed by atoms with E-state index < -0.39 is 0 Å². The van der Waals surface area contributed by atoms with Gasteiger partial charge in [-0.25, -0.2) is 4.98 Å². The zero-order chi connectivity index (χ0) is 12.4. The third-order valence-corrected chi connectivity index (χ3v) is 4.42. The summed E-state index contributed by atoms with van der Waals surface area (Å²) in [4.78, 5) is 8.96. The van der Waals surface area contributed by atoms with Crippen molar-refractivity contribution >= 4 is 11.3 Å². The fourth-order valence-electron chi connectivity index (χ4n) is 2.44. The van der Waals surface area contributed by atoms with Crippen molar-refractivity contribution in [3.8, 4) is 10.7 Å². The van der Waals surface area contributed by atoms with Crippen molar-refractivity contribution in [1.29, 1.82) is 0 Å². The van der Waals surface area contributed by atoms with E-state index in [0.717, 1.165) is 29.5 Å². The Hall–Kier alpha value is -1.26. The zero-order valence-electron chi connectivity index (χ0n) is 10.5. The number of hydrogen-bond acceptors (Lipinski definition) is 4. The third-order valence-electron chi connectivity index (χ3n) is 3.43. The molecule has 0 aliphatic carbocycles. The summed E-state index contributed by atoms with van der Waals surface area (Å²) >= 11 is 1.67. The quantitative estimate of drug-likeness (QED) is 0.901. The summed E-state index contributed by atoms with van der Waals surface area (Å²) in [6, 6.07) is 4.37. The maximum absolute atomic E-state index is 4.51. The molecule has 0 amide bonds. The Morgan fingerprint density at radius 1 is 1.33 bits per heavy atom. The summed E-state index contributed by atoms with van der Waals surface area (Å²) in [5, 5.41) is 6.52. The fraction of sp³-hybridized carbons (Fsp3) is 0.429. The Morgan fingerprint density at radius 3 is 2.89 bits per heavy atom. The molecule has 4 heteroatoms.